The van der Waals surface area contributed by atoms with E-state index in [1.807, 2.05) is 24.3 Å². The highest BCUT2D eigenvalue weighted by Crippen LogP contribution is 2.42. The Kier molecular flexibility index (Phi) is 5.80. The van der Waals surface area contributed by atoms with Gasteiger partial charge < -0.3 is 4.57 Å². The molecule has 0 spiro atoms. The van der Waals surface area contributed by atoms with Crippen LogP contribution in [0.1, 0.15) is 12.6 Å². The molecule has 0 aliphatic heterocycles. The van der Waals surface area contributed by atoms with E-state index in [-0.39, 0.29) is 0 Å². The van der Waals surface area contributed by atoms with Gasteiger partial charge in [-0.15, -0.1) is 0 Å². The molecule has 8 rings (SSSR count). The number of nitrogens with zero attached hydrogens (tertiary/aromatic N) is 4. The molecule has 8 aromatic rings. The molecule has 0 aliphatic carbocycles. The summed E-state index contributed by atoms with van der Waals surface area (Å²) in [6.07, 6.45) is 7.78. The summed E-state index contributed by atoms with van der Waals surface area (Å²) in [7, 11) is 0. The van der Waals surface area contributed by atoms with Crippen molar-refractivity contribution < 1.29 is 0 Å². The average Bonchev–Trinajstić information content (AvgIpc) is 3.57. The molecule has 0 atom stereocenters. The van der Waals surface area contributed by atoms with E-state index in [9.17, 15) is 0 Å². The molecule has 5 aromatic carbocycles. The van der Waals surface area contributed by atoms with Crippen LogP contribution in [0.4, 0.5) is 0 Å². The lowest BCUT2D eigenvalue weighted by Crippen LogP contribution is -2.04. The molecule has 0 saturated heterocycles. The Balaban J connectivity index is 1.50. The molecule has 3 aromatic heterocycles. The second-order valence-corrected chi connectivity index (χ2v) is 10.8. The standard InChI is InChI=1S/C39H28N4/c1-3-4-6-15-26(2)38-28-18-9-12-21-31(28)40-39(41-38)43-33-23-14-11-20-30(33)37-35(43)25-24-34-36(37)29-19-10-13-22-32(29)42(34)27-16-7-5-8-17-27/h3-25H,1H2,2H3/b6-4-,26-15+. The lowest BCUT2D eigenvalue weighted by Gasteiger charge is -2.12. The number of rotatable bonds is 5. The SMILES string of the molecule is C=C/C=C\C=C(/C)c1nc(-n2c3ccccc3c3c4c5ccccc5n(-c5ccccc5)c4ccc32)nc2ccccc12. The first-order valence-corrected chi connectivity index (χ1v) is 14.5. The second kappa shape index (κ2) is 9.97. The predicted molar refractivity (Wildman–Crippen MR) is 181 cm³/mol. The fourth-order valence-electron chi connectivity index (χ4n) is 6.41. The molecule has 0 unspecified atom stereocenters. The van der Waals surface area contributed by atoms with E-state index >= 15 is 0 Å². The topological polar surface area (TPSA) is 35.6 Å². The van der Waals surface area contributed by atoms with Crippen molar-refractivity contribution in [3.05, 3.63) is 152 Å². The number of hydrogen-bond donors (Lipinski definition) is 0. The smallest absolute Gasteiger partial charge is 0.235 e. The first-order chi connectivity index (χ1) is 21.2. The van der Waals surface area contributed by atoms with Gasteiger partial charge in [-0.1, -0.05) is 104 Å². The van der Waals surface area contributed by atoms with Crippen LogP contribution in [0, 0.1) is 0 Å². The minimum Gasteiger partial charge on any atom is -0.309 e. The second-order valence-electron chi connectivity index (χ2n) is 10.8. The minimum atomic E-state index is 0.659. The fourth-order valence-corrected chi connectivity index (χ4v) is 6.41. The zero-order chi connectivity index (χ0) is 28.9. The Morgan fingerprint density at radius 2 is 1.16 bits per heavy atom. The van der Waals surface area contributed by atoms with Gasteiger partial charge in [0.2, 0.25) is 5.95 Å². The van der Waals surface area contributed by atoms with Crippen LogP contribution in [0.3, 0.4) is 0 Å². The zero-order valence-corrected chi connectivity index (χ0v) is 23.8. The Labute approximate surface area is 249 Å². The number of aromatic nitrogens is 4. The van der Waals surface area contributed by atoms with Crippen molar-refractivity contribution in [2.24, 2.45) is 0 Å². The zero-order valence-electron chi connectivity index (χ0n) is 23.8. The first-order valence-electron chi connectivity index (χ1n) is 14.5. The first kappa shape index (κ1) is 25.0. The third-order valence-electron chi connectivity index (χ3n) is 8.24. The molecule has 0 fully saturated rings. The average molecular weight is 553 g/mol. The summed E-state index contributed by atoms with van der Waals surface area (Å²) in [5, 5.41) is 5.87. The molecule has 3 heterocycles. The van der Waals surface area contributed by atoms with E-state index in [2.05, 4.69) is 132 Å². The maximum atomic E-state index is 5.24. The third-order valence-corrected chi connectivity index (χ3v) is 8.24. The summed E-state index contributed by atoms with van der Waals surface area (Å²) in [6.45, 7) is 5.90. The maximum absolute atomic E-state index is 5.24. The highest BCUT2D eigenvalue weighted by atomic mass is 15.2. The van der Waals surface area contributed by atoms with Crippen LogP contribution in [0.2, 0.25) is 0 Å². The Morgan fingerprint density at radius 1 is 0.581 bits per heavy atom. The van der Waals surface area contributed by atoms with Gasteiger partial charge in [0, 0.05) is 32.6 Å². The van der Waals surface area contributed by atoms with Gasteiger partial charge in [0.25, 0.3) is 0 Å². The molecular weight excluding hydrogens is 524 g/mol. The van der Waals surface area contributed by atoms with Crippen LogP contribution >= 0.6 is 0 Å². The monoisotopic (exact) mass is 552 g/mol. The Morgan fingerprint density at radius 3 is 1.86 bits per heavy atom. The van der Waals surface area contributed by atoms with Crippen LogP contribution < -0.4 is 0 Å². The minimum absolute atomic E-state index is 0.659. The van der Waals surface area contributed by atoms with E-state index in [0.717, 1.165) is 38.9 Å². The van der Waals surface area contributed by atoms with Gasteiger partial charge >= 0.3 is 0 Å². The van der Waals surface area contributed by atoms with Crippen molar-refractivity contribution in [1.29, 1.82) is 0 Å². The summed E-state index contributed by atoms with van der Waals surface area (Å²) >= 11 is 0. The van der Waals surface area contributed by atoms with Gasteiger partial charge in [-0.25, -0.2) is 9.97 Å². The number of para-hydroxylation sites is 4. The lowest BCUT2D eigenvalue weighted by molar-refractivity contribution is 1.00. The van der Waals surface area contributed by atoms with Crippen molar-refractivity contribution in [3.8, 4) is 11.6 Å². The fraction of sp³-hybridized carbons (Fsp3) is 0.0256. The summed E-state index contributed by atoms with van der Waals surface area (Å²) < 4.78 is 4.59. The van der Waals surface area contributed by atoms with Gasteiger partial charge in [-0.05, 0) is 55.0 Å². The maximum Gasteiger partial charge on any atom is 0.235 e. The number of fused-ring (bicyclic) bond motifs is 8. The van der Waals surface area contributed by atoms with E-state index in [1.54, 1.807) is 6.08 Å². The molecule has 0 N–H and O–H groups in total. The molecule has 204 valence electrons. The van der Waals surface area contributed by atoms with E-state index in [0.29, 0.717) is 5.95 Å². The van der Waals surface area contributed by atoms with Gasteiger partial charge in [0.05, 0.1) is 33.3 Å². The molecule has 0 radical (unpaired) electrons. The van der Waals surface area contributed by atoms with Crippen molar-refractivity contribution >= 4 is 60.1 Å². The van der Waals surface area contributed by atoms with Gasteiger partial charge in [-0.3, -0.25) is 4.57 Å². The molecule has 0 aliphatic rings. The molecular formula is C39H28N4. The van der Waals surface area contributed by atoms with Crippen molar-refractivity contribution in [2.75, 3.05) is 0 Å². The van der Waals surface area contributed by atoms with Crippen LogP contribution in [-0.4, -0.2) is 19.1 Å². The molecule has 0 amide bonds. The van der Waals surface area contributed by atoms with Crippen molar-refractivity contribution in [2.45, 2.75) is 6.92 Å². The summed E-state index contributed by atoms with van der Waals surface area (Å²) in [5.41, 5.74) is 8.56. The summed E-state index contributed by atoms with van der Waals surface area (Å²) in [6, 6.07) is 40.6. The van der Waals surface area contributed by atoms with Crippen molar-refractivity contribution in [3.63, 3.8) is 0 Å². The number of hydrogen-bond acceptors (Lipinski definition) is 2. The predicted octanol–water partition coefficient (Wildman–Crippen LogP) is 9.97. The largest absolute Gasteiger partial charge is 0.309 e. The highest BCUT2D eigenvalue weighted by Gasteiger charge is 2.22. The van der Waals surface area contributed by atoms with Crippen LogP contribution in [-0.2, 0) is 0 Å². The van der Waals surface area contributed by atoms with Gasteiger partial charge in [0.1, 0.15) is 0 Å². The summed E-state index contributed by atoms with van der Waals surface area (Å²) in [4.78, 5) is 10.4. The molecule has 43 heavy (non-hydrogen) atoms. The van der Waals surface area contributed by atoms with Gasteiger partial charge in [0.15, 0.2) is 0 Å². The van der Waals surface area contributed by atoms with Crippen LogP contribution in [0.25, 0.3) is 71.7 Å². The molecule has 4 heteroatoms. The third kappa shape index (κ3) is 3.84. The quantitative estimate of drug-likeness (QED) is 0.199. The normalized spacial score (nSPS) is 12.4. The van der Waals surface area contributed by atoms with E-state index < -0.39 is 0 Å². The van der Waals surface area contributed by atoms with E-state index in [1.165, 1.54) is 32.6 Å². The lowest BCUT2D eigenvalue weighted by atomic mass is 10.1. The van der Waals surface area contributed by atoms with Crippen molar-refractivity contribution in [1.82, 2.24) is 19.1 Å². The number of benzene rings is 5. The molecule has 0 bridgehead atoms. The van der Waals surface area contributed by atoms with Gasteiger partial charge in [-0.2, -0.15) is 0 Å². The molecule has 0 saturated carbocycles. The molecule has 4 nitrogen and oxygen atoms in total. The van der Waals surface area contributed by atoms with Crippen LogP contribution in [0.5, 0.6) is 0 Å². The highest BCUT2D eigenvalue weighted by molar-refractivity contribution is 6.28. The number of allylic oxidation sites excluding steroid dienone is 5. The van der Waals surface area contributed by atoms with Crippen LogP contribution in [0.15, 0.2) is 146 Å². The Hall–Kier alpha value is -5.74. The van der Waals surface area contributed by atoms with E-state index in [4.69, 9.17) is 9.97 Å². The summed E-state index contributed by atoms with van der Waals surface area (Å²) in [5.74, 6) is 0.659. The Bertz CT molecular complexity index is 2420.